The van der Waals surface area contributed by atoms with Crippen molar-refractivity contribution in [1.82, 2.24) is 24.6 Å². The molecule has 0 bridgehead atoms. The summed E-state index contributed by atoms with van der Waals surface area (Å²) in [6.07, 6.45) is 5.41. The number of aromatic nitrogens is 4. The smallest absolute Gasteiger partial charge is 0.257 e. The van der Waals surface area contributed by atoms with E-state index in [-0.39, 0.29) is 5.91 Å². The third kappa shape index (κ3) is 3.66. The molecule has 0 unspecified atom stereocenters. The maximum absolute atomic E-state index is 13.1. The van der Waals surface area contributed by atoms with E-state index < -0.39 is 0 Å². The van der Waals surface area contributed by atoms with Crippen LogP contribution in [0.2, 0.25) is 0 Å². The minimum Gasteiger partial charge on any atom is -0.378 e. The molecule has 27 heavy (non-hydrogen) atoms. The van der Waals surface area contributed by atoms with Crippen LogP contribution in [0.5, 0.6) is 0 Å². The van der Waals surface area contributed by atoms with Gasteiger partial charge in [-0.05, 0) is 26.7 Å². The maximum atomic E-state index is 13.1. The van der Waals surface area contributed by atoms with E-state index in [1.807, 2.05) is 30.5 Å². The predicted molar refractivity (Wildman–Crippen MR) is 101 cm³/mol. The maximum Gasteiger partial charge on any atom is 0.257 e. The zero-order valence-corrected chi connectivity index (χ0v) is 16.2. The van der Waals surface area contributed by atoms with Gasteiger partial charge in [0, 0.05) is 56.4 Å². The number of nitrogens with zero attached hydrogens (tertiary/aromatic N) is 6. The molecule has 3 heterocycles. The fraction of sp³-hybridized carbons (Fsp3) is 0.579. The van der Waals surface area contributed by atoms with Crippen LogP contribution < -0.4 is 4.90 Å². The molecule has 2 aliphatic rings. The molecule has 8 nitrogen and oxygen atoms in total. The van der Waals surface area contributed by atoms with Crippen LogP contribution in [-0.4, -0.2) is 62.9 Å². The van der Waals surface area contributed by atoms with Crippen molar-refractivity contribution in [2.24, 2.45) is 7.05 Å². The average molecular weight is 370 g/mol. The number of amides is 1. The van der Waals surface area contributed by atoms with Gasteiger partial charge in [-0.2, -0.15) is 5.10 Å². The number of rotatable bonds is 5. The van der Waals surface area contributed by atoms with Gasteiger partial charge >= 0.3 is 0 Å². The van der Waals surface area contributed by atoms with Crippen molar-refractivity contribution in [1.29, 1.82) is 0 Å². The molecule has 2 fully saturated rings. The second kappa shape index (κ2) is 7.26. The Bertz CT molecular complexity index is 821. The van der Waals surface area contributed by atoms with Crippen LogP contribution in [0.4, 0.5) is 5.95 Å². The lowest BCUT2D eigenvalue weighted by molar-refractivity contribution is 0.0728. The third-order valence-corrected chi connectivity index (χ3v) is 5.41. The molecule has 0 aromatic carbocycles. The highest BCUT2D eigenvalue weighted by atomic mass is 16.5. The van der Waals surface area contributed by atoms with Crippen molar-refractivity contribution >= 4 is 11.9 Å². The minimum atomic E-state index is -0.00585. The van der Waals surface area contributed by atoms with Gasteiger partial charge in [0.15, 0.2) is 0 Å². The minimum absolute atomic E-state index is 0.00585. The second-order valence-electron chi connectivity index (χ2n) is 7.31. The van der Waals surface area contributed by atoms with Gasteiger partial charge < -0.3 is 14.5 Å². The van der Waals surface area contributed by atoms with Crippen molar-refractivity contribution < 1.29 is 9.53 Å². The first-order valence-corrected chi connectivity index (χ1v) is 9.49. The zero-order chi connectivity index (χ0) is 19.0. The van der Waals surface area contributed by atoms with E-state index in [4.69, 9.17) is 4.74 Å². The number of carbonyl (C=O) groups is 1. The van der Waals surface area contributed by atoms with Gasteiger partial charge in [0.2, 0.25) is 5.95 Å². The molecule has 1 saturated carbocycles. The van der Waals surface area contributed by atoms with Gasteiger partial charge in [0.25, 0.3) is 5.91 Å². The Morgan fingerprint density at radius 1 is 1.22 bits per heavy atom. The number of morpholine rings is 1. The Morgan fingerprint density at radius 3 is 2.44 bits per heavy atom. The van der Waals surface area contributed by atoms with E-state index in [0.29, 0.717) is 37.3 Å². The Hall–Kier alpha value is -2.48. The molecule has 2 aromatic heterocycles. The molecule has 1 saturated heterocycles. The van der Waals surface area contributed by atoms with E-state index >= 15 is 0 Å². The van der Waals surface area contributed by atoms with Gasteiger partial charge in [-0.3, -0.25) is 9.48 Å². The topological polar surface area (TPSA) is 76.4 Å². The lowest BCUT2D eigenvalue weighted by Crippen LogP contribution is -2.37. The van der Waals surface area contributed by atoms with Crippen LogP contribution in [-0.2, 0) is 18.3 Å². The molecular formula is C19H26N6O2. The second-order valence-corrected chi connectivity index (χ2v) is 7.31. The number of anilines is 1. The van der Waals surface area contributed by atoms with Crippen LogP contribution in [0.15, 0.2) is 12.4 Å². The van der Waals surface area contributed by atoms with Crippen LogP contribution in [0, 0.1) is 13.8 Å². The molecule has 1 amide bonds. The zero-order valence-electron chi connectivity index (χ0n) is 16.2. The Balaban J connectivity index is 1.52. The number of hydrogen-bond donors (Lipinski definition) is 0. The highest BCUT2D eigenvalue weighted by Gasteiger charge is 2.34. The molecule has 0 radical (unpaired) electrons. The summed E-state index contributed by atoms with van der Waals surface area (Å²) in [6, 6.07) is 0.301. The summed E-state index contributed by atoms with van der Waals surface area (Å²) in [5, 5.41) is 4.48. The van der Waals surface area contributed by atoms with Crippen LogP contribution in [0.1, 0.15) is 40.2 Å². The molecule has 0 atom stereocenters. The molecule has 0 spiro atoms. The molecule has 8 heteroatoms. The van der Waals surface area contributed by atoms with Gasteiger partial charge in [0.05, 0.1) is 24.5 Å². The predicted octanol–water partition coefficient (Wildman–Crippen LogP) is 1.47. The summed E-state index contributed by atoms with van der Waals surface area (Å²) in [5.41, 5.74) is 3.75. The fourth-order valence-electron chi connectivity index (χ4n) is 3.49. The Labute approximate surface area is 159 Å². The average Bonchev–Trinajstić information content (AvgIpc) is 3.50. The fourth-order valence-corrected chi connectivity index (χ4v) is 3.49. The monoisotopic (exact) mass is 370 g/mol. The first kappa shape index (κ1) is 17.9. The summed E-state index contributed by atoms with van der Waals surface area (Å²) < 4.78 is 7.24. The third-order valence-electron chi connectivity index (χ3n) is 5.41. The Kier molecular flexibility index (Phi) is 4.82. The van der Waals surface area contributed by atoms with E-state index in [0.717, 1.165) is 42.9 Å². The normalized spacial score (nSPS) is 17.2. The SMILES string of the molecule is Cc1nn(C)c(C)c1CN(C(=O)c1cnc(N2CCOCC2)nc1)C1CC1. The summed E-state index contributed by atoms with van der Waals surface area (Å²) in [6.45, 7) is 7.55. The van der Waals surface area contributed by atoms with E-state index in [2.05, 4.69) is 20.0 Å². The standard InChI is InChI=1S/C19H26N6O2/c1-13-17(14(2)23(3)22-13)12-25(16-4-5-16)18(26)15-10-20-19(21-11-15)24-6-8-27-9-7-24/h10-11,16H,4-9,12H2,1-3H3. The largest absolute Gasteiger partial charge is 0.378 e. The summed E-state index contributed by atoms with van der Waals surface area (Å²) in [5.74, 6) is 0.653. The van der Waals surface area contributed by atoms with Crippen molar-refractivity contribution in [3.63, 3.8) is 0 Å². The summed E-state index contributed by atoms with van der Waals surface area (Å²) in [4.78, 5) is 26.0. The molecular weight excluding hydrogens is 344 g/mol. The molecule has 4 rings (SSSR count). The summed E-state index contributed by atoms with van der Waals surface area (Å²) >= 11 is 0. The molecule has 0 N–H and O–H groups in total. The van der Waals surface area contributed by atoms with Crippen molar-refractivity contribution in [3.05, 3.63) is 34.9 Å². The Morgan fingerprint density at radius 2 is 1.89 bits per heavy atom. The lowest BCUT2D eigenvalue weighted by atomic mass is 10.1. The van der Waals surface area contributed by atoms with Gasteiger partial charge in [-0.1, -0.05) is 0 Å². The lowest BCUT2D eigenvalue weighted by Gasteiger charge is -2.27. The number of ether oxygens (including phenoxy) is 1. The number of hydrogen-bond acceptors (Lipinski definition) is 6. The van der Waals surface area contributed by atoms with Crippen molar-refractivity contribution in [2.45, 2.75) is 39.3 Å². The highest BCUT2D eigenvalue weighted by molar-refractivity contribution is 5.94. The molecule has 2 aromatic rings. The van der Waals surface area contributed by atoms with Crippen molar-refractivity contribution in [2.75, 3.05) is 31.2 Å². The van der Waals surface area contributed by atoms with Gasteiger partial charge in [-0.15, -0.1) is 0 Å². The molecule has 1 aliphatic carbocycles. The van der Waals surface area contributed by atoms with E-state index in [1.54, 1.807) is 12.4 Å². The molecule has 144 valence electrons. The van der Waals surface area contributed by atoms with E-state index in [9.17, 15) is 4.79 Å². The number of aryl methyl sites for hydroxylation is 2. The van der Waals surface area contributed by atoms with Gasteiger partial charge in [-0.25, -0.2) is 9.97 Å². The first-order valence-electron chi connectivity index (χ1n) is 9.49. The van der Waals surface area contributed by atoms with Gasteiger partial charge in [0.1, 0.15) is 0 Å². The van der Waals surface area contributed by atoms with Crippen LogP contribution >= 0.6 is 0 Å². The first-order chi connectivity index (χ1) is 13.0. The van der Waals surface area contributed by atoms with Crippen molar-refractivity contribution in [3.8, 4) is 0 Å². The quantitative estimate of drug-likeness (QED) is 0.793. The van der Waals surface area contributed by atoms with E-state index in [1.165, 1.54) is 0 Å². The number of carbonyl (C=O) groups excluding carboxylic acids is 1. The highest BCUT2D eigenvalue weighted by Crippen LogP contribution is 2.31. The van der Waals surface area contributed by atoms with Crippen LogP contribution in [0.3, 0.4) is 0 Å². The van der Waals surface area contributed by atoms with Crippen LogP contribution in [0.25, 0.3) is 0 Å². The summed E-state index contributed by atoms with van der Waals surface area (Å²) in [7, 11) is 1.94. The molecule has 1 aliphatic heterocycles.